The first-order valence-corrected chi connectivity index (χ1v) is 9.45. The first-order valence-electron chi connectivity index (χ1n) is 7.22. The van der Waals surface area contributed by atoms with Crippen molar-refractivity contribution in [2.24, 2.45) is 0 Å². The Morgan fingerprint density at radius 3 is 2.17 bits per heavy atom. The highest BCUT2D eigenvalue weighted by atomic mass is 79.9. The summed E-state index contributed by atoms with van der Waals surface area (Å²) in [5.41, 5.74) is 0.545. The maximum Gasteiger partial charge on any atom is 0.264 e. The highest BCUT2D eigenvalue weighted by molar-refractivity contribution is 9.10. The fourth-order valence-electron chi connectivity index (χ4n) is 2.06. The summed E-state index contributed by atoms with van der Waals surface area (Å²) in [4.78, 5) is 0.222. The Morgan fingerprint density at radius 1 is 1.00 bits per heavy atom. The summed E-state index contributed by atoms with van der Waals surface area (Å²) in [5, 5.41) is 0. The van der Waals surface area contributed by atoms with Crippen LogP contribution in [0.1, 0.15) is 0 Å². The molecule has 0 spiro atoms. The SMILES string of the molecule is C=CCOc1ccc(N(CC=C)S(=O)(=O)c2ccc(Br)cc2)cc1. The fourth-order valence-corrected chi connectivity index (χ4v) is 3.76. The number of benzene rings is 2. The molecule has 24 heavy (non-hydrogen) atoms. The van der Waals surface area contributed by atoms with Crippen molar-refractivity contribution in [3.63, 3.8) is 0 Å². The van der Waals surface area contributed by atoms with Crippen molar-refractivity contribution in [3.05, 3.63) is 78.3 Å². The molecule has 0 radical (unpaired) electrons. The summed E-state index contributed by atoms with van der Waals surface area (Å²) in [7, 11) is -3.68. The number of rotatable bonds is 8. The molecule has 0 aliphatic rings. The van der Waals surface area contributed by atoms with Crippen molar-refractivity contribution in [3.8, 4) is 5.75 Å². The number of nitrogens with zero attached hydrogens (tertiary/aromatic N) is 1. The van der Waals surface area contributed by atoms with E-state index >= 15 is 0 Å². The molecule has 2 aromatic carbocycles. The summed E-state index contributed by atoms with van der Waals surface area (Å²) < 4.78 is 33.4. The Morgan fingerprint density at radius 2 is 1.62 bits per heavy atom. The molecule has 0 heterocycles. The molecule has 0 atom stereocenters. The van der Waals surface area contributed by atoms with Crippen molar-refractivity contribution in [2.75, 3.05) is 17.5 Å². The molecule has 2 aromatic rings. The van der Waals surface area contributed by atoms with E-state index in [1.807, 2.05) is 0 Å². The molecule has 126 valence electrons. The largest absolute Gasteiger partial charge is 0.490 e. The van der Waals surface area contributed by atoms with Crippen LogP contribution in [0.25, 0.3) is 0 Å². The monoisotopic (exact) mass is 407 g/mol. The third kappa shape index (κ3) is 4.27. The van der Waals surface area contributed by atoms with E-state index < -0.39 is 10.0 Å². The van der Waals surface area contributed by atoms with Crippen molar-refractivity contribution in [2.45, 2.75) is 4.90 Å². The van der Waals surface area contributed by atoms with E-state index in [9.17, 15) is 8.42 Å². The molecule has 0 N–H and O–H groups in total. The lowest BCUT2D eigenvalue weighted by atomic mass is 10.3. The van der Waals surface area contributed by atoms with Gasteiger partial charge in [-0.1, -0.05) is 34.7 Å². The average Bonchev–Trinajstić information content (AvgIpc) is 2.58. The lowest BCUT2D eigenvalue weighted by Crippen LogP contribution is -2.31. The standard InChI is InChI=1S/C18H18BrNO3S/c1-3-13-20(16-7-9-17(10-8-16)23-14-4-2)24(21,22)18-11-5-15(19)6-12-18/h3-12H,1-2,13-14H2. The lowest BCUT2D eigenvalue weighted by Gasteiger charge is -2.23. The molecule has 0 aliphatic carbocycles. The number of halogens is 1. The van der Waals surface area contributed by atoms with E-state index in [0.29, 0.717) is 18.0 Å². The zero-order chi connectivity index (χ0) is 17.6. The Balaban J connectivity index is 2.35. The van der Waals surface area contributed by atoms with Gasteiger partial charge >= 0.3 is 0 Å². The third-order valence-electron chi connectivity index (χ3n) is 3.19. The van der Waals surface area contributed by atoms with Gasteiger partial charge in [0.1, 0.15) is 12.4 Å². The summed E-state index contributed by atoms with van der Waals surface area (Å²) >= 11 is 3.31. The second-order valence-electron chi connectivity index (χ2n) is 4.87. The van der Waals surface area contributed by atoms with Crippen LogP contribution in [0.15, 0.2) is 83.2 Å². The molecule has 2 rings (SSSR count). The van der Waals surface area contributed by atoms with Crippen LogP contribution < -0.4 is 9.04 Å². The van der Waals surface area contributed by atoms with Crippen LogP contribution in [-0.4, -0.2) is 21.6 Å². The minimum atomic E-state index is -3.68. The van der Waals surface area contributed by atoms with Gasteiger partial charge in [-0.05, 0) is 48.5 Å². The van der Waals surface area contributed by atoms with Gasteiger partial charge < -0.3 is 4.74 Å². The van der Waals surface area contributed by atoms with E-state index in [2.05, 4.69) is 29.1 Å². The van der Waals surface area contributed by atoms with Gasteiger partial charge in [-0.2, -0.15) is 0 Å². The zero-order valence-corrected chi connectivity index (χ0v) is 15.5. The fraction of sp³-hybridized carbons (Fsp3) is 0.111. The van der Waals surface area contributed by atoms with Crippen LogP contribution in [0.4, 0.5) is 5.69 Å². The first-order chi connectivity index (χ1) is 11.5. The second-order valence-corrected chi connectivity index (χ2v) is 7.65. The van der Waals surface area contributed by atoms with Gasteiger partial charge in [-0.15, -0.1) is 6.58 Å². The normalized spacial score (nSPS) is 10.9. The predicted molar refractivity (Wildman–Crippen MR) is 101 cm³/mol. The van der Waals surface area contributed by atoms with Gasteiger partial charge in [0.15, 0.2) is 0 Å². The third-order valence-corrected chi connectivity index (χ3v) is 5.53. The quantitative estimate of drug-likeness (QED) is 0.609. The van der Waals surface area contributed by atoms with E-state index in [1.54, 1.807) is 60.7 Å². The number of hydrogen-bond donors (Lipinski definition) is 0. The minimum absolute atomic E-state index is 0.172. The van der Waals surface area contributed by atoms with Gasteiger partial charge in [0, 0.05) is 4.47 Å². The number of sulfonamides is 1. The van der Waals surface area contributed by atoms with Gasteiger partial charge in [-0.25, -0.2) is 8.42 Å². The van der Waals surface area contributed by atoms with Crippen molar-refractivity contribution in [1.82, 2.24) is 0 Å². The molecule has 0 unspecified atom stereocenters. The van der Waals surface area contributed by atoms with Crippen LogP contribution in [-0.2, 0) is 10.0 Å². The molecule has 6 heteroatoms. The Kier molecular flexibility index (Phi) is 6.23. The Labute approximate surface area is 151 Å². The smallest absolute Gasteiger partial charge is 0.264 e. The van der Waals surface area contributed by atoms with E-state index in [1.165, 1.54) is 4.31 Å². The van der Waals surface area contributed by atoms with E-state index in [4.69, 9.17) is 4.74 Å². The second kappa shape index (κ2) is 8.17. The maximum absolute atomic E-state index is 12.9. The van der Waals surface area contributed by atoms with Crippen molar-refractivity contribution in [1.29, 1.82) is 0 Å². The molecule has 0 saturated carbocycles. The summed E-state index contributed by atoms with van der Waals surface area (Å²) in [6, 6.07) is 13.4. The topological polar surface area (TPSA) is 46.6 Å². The Bertz CT molecular complexity index is 799. The molecule has 0 saturated heterocycles. The predicted octanol–water partition coefficient (Wildman–Crippen LogP) is 4.40. The molecule has 0 amide bonds. The number of anilines is 1. The maximum atomic E-state index is 12.9. The summed E-state index contributed by atoms with van der Waals surface area (Å²) in [6.07, 6.45) is 3.20. The molecule has 0 aliphatic heterocycles. The molecule has 0 aromatic heterocycles. The van der Waals surface area contributed by atoms with Crippen LogP contribution >= 0.6 is 15.9 Å². The van der Waals surface area contributed by atoms with Crippen LogP contribution in [0.2, 0.25) is 0 Å². The van der Waals surface area contributed by atoms with Gasteiger partial charge in [0.05, 0.1) is 17.1 Å². The first kappa shape index (κ1) is 18.3. The number of hydrogen-bond acceptors (Lipinski definition) is 3. The van der Waals surface area contributed by atoms with Crippen LogP contribution in [0.5, 0.6) is 5.75 Å². The average molecular weight is 408 g/mol. The van der Waals surface area contributed by atoms with E-state index in [-0.39, 0.29) is 11.4 Å². The highest BCUT2D eigenvalue weighted by Crippen LogP contribution is 2.26. The molecule has 0 bridgehead atoms. The highest BCUT2D eigenvalue weighted by Gasteiger charge is 2.23. The van der Waals surface area contributed by atoms with Crippen LogP contribution in [0.3, 0.4) is 0 Å². The summed E-state index contributed by atoms with van der Waals surface area (Å²) in [5.74, 6) is 0.651. The Hall–Kier alpha value is -2.05. The molecule has 4 nitrogen and oxygen atoms in total. The van der Waals surface area contributed by atoms with Gasteiger partial charge in [-0.3, -0.25) is 4.31 Å². The van der Waals surface area contributed by atoms with Gasteiger partial charge in [0.2, 0.25) is 0 Å². The van der Waals surface area contributed by atoms with Gasteiger partial charge in [0.25, 0.3) is 10.0 Å². The molecule has 0 fully saturated rings. The van der Waals surface area contributed by atoms with Crippen molar-refractivity contribution >= 4 is 31.6 Å². The lowest BCUT2D eigenvalue weighted by molar-refractivity contribution is 0.363. The molecular weight excluding hydrogens is 390 g/mol. The van der Waals surface area contributed by atoms with Crippen LogP contribution in [0, 0.1) is 0 Å². The molecular formula is C18H18BrNO3S. The zero-order valence-electron chi connectivity index (χ0n) is 13.1. The van der Waals surface area contributed by atoms with Crippen molar-refractivity contribution < 1.29 is 13.2 Å². The minimum Gasteiger partial charge on any atom is -0.490 e. The van der Waals surface area contributed by atoms with E-state index in [0.717, 1.165) is 4.47 Å². The summed E-state index contributed by atoms with van der Waals surface area (Å²) in [6.45, 7) is 7.81. The number of ether oxygens (including phenoxy) is 1.